The summed E-state index contributed by atoms with van der Waals surface area (Å²) in [5, 5.41) is 0. The molecule has 0 N–H and O–H groups in total. The van der Waals surface area contributed by atoms with Gasteiger partial charge in [-0.25, -0.2) is 0 Å². The lowest BCUT2D eigenvalue weighted by atomic mass is 9.58. The molecule has 1 heteroatoms. The van der Waals surface area contributed by atoms with Crippen LogP contribution in [-0.4, -0.2) is 23.5 Å². The van der Waals surface area contributed by atoms with Crippen LogP contribution in [-0.2, 0) is 0 Å². The second-order valence-corrected chi connectivity index (χ2v) is 8.05. The fourth-order valence-corrected chi connectivity index (χ4v) is 5.03. The smallest absolute Gasteiger partial charge is 0.0191 e. The monoisotopic (exact) mass is 223 g/mol. The molecule has 0 bridgehead atoms. The van der Waals surface area contributed by atoms with Crippen molar-refractivity contribution in [3.05, 3.63) is 0 Å². The van der Waals surface area contributed by atoms with Crippen LogP contribution in [0.5, 0.6) is 0 Å². The van der Waals surface area contributed by atoms with E-state index in [0.717, 1.165) is 0 Å². The molecule has 1 heterocycles. The van der Waals surface area contributed by atoms with Gasteiger partial charge in [-0.1, -0.05) is 27.7 Å². The van der Waals surface area contributed by atoms with Crippen LogP contribution >= 0.6 is 0 Å². The molecule has 2 aliphatic rings. The molecule has 1 saturated heterocycles. The van der Waals surface area contributed by atoms with Gasteiger partial charge in [0, 0.05) is 5.54 Å². The predicted molar refractivity (Wildman–Crippen MR) is 70.6 cm³/mol. The lowest BCUT2D eigenvalue weighted by molar-refractivity contribution is -0.0274. The Morgan fingerprint density at radius 1 is 0.688 bits per heavy atom. The Morgan fingerprint density at radius 3 is 1.56 bits per heavy atom. The van der Waals surface area contributed by atoms with E-state index in [1.165, 1.54) is 45.2 Å². The predicted octanol–water partition coefficient (Wildman–Crippen LogP) is 4.08. The highest BCUT2D eigenvalue weighted by Gasteiger charge is 2.47. The van der Waals surface area contributed by atoms with Crippen LogP contribution < -0.4 is 0 Å². The molecule has 1 aliphatic carbocycles. The Bertz CT molecular complexity index is 243. The van der Waals surface area contributed by atoms with Crippen LogP contribution in [0.25, 0.3) is 0 Å². The number of hydrogen-bond donors (Lipinski definition) is 0. The van der Waals surface area contributed by atoms with Crippen molar-refractivity contribution in [2.24, 2.45) is 10.8 Å². The van der Waals surface area contributed by atoms with Gasteiger partial charge in [-0.2, -0.15) is 0 Å². The van der Waals surface area contributed by atoms with Crippen molar-refractivity contribution in [1.82, 2.24) is 4.90 Å². The van der Waals surface area contributed by atoms with E-state index in [4.69, 9.17) is 0 Å². The van der Waals surface area contributed by atoms with Crippen LogP contribution in [0.4, 0.5) is 0 Å². The Balaban J connectivity index is 2.19. The summed E-state index contributed by atoms with van der Waals surface area (Å²) in [6, 6.07) is 0. The van der Waals surface area contributed by atoms with Gasteiger partial charge in [-0.05, 0) is 62.9 Å². The maximum Gasteiger partial charge on any atom is 0.0191 e. The highest BCUT2D eigenvalue weighted by molar-refractivity contribution is 5.02. The zero-order chi connectivity index (χ0) is 12.0. The van der Waals surface area contributed by atoms with Gasteiger partial charge in [0.15, 0.2) is 0 Å². The first-order valence-corrected chi connectivity index (χ1v) is 6.98. The van der Waals surface area contributed by atoms with E-state index in [1.807, 2.05) is 0 Å². The van der Waals surface area contributed by atoms with Crippen molar-refractivity contribution >= 4 is 0 Å². The van der Waals surface area contributed by atoms with Gasteiger partial charge in [0.25, 0.3) is 0 Å². The van der Waals surface area contributed by atoms with Gasteiger partial charge >= 0.3 is 0 Å². The Morgan fingerprint density at radius 2 is 1.12 bits per heavy atom. The van der Waals surface area contributed by atoms with Crippen molar-refractivity contribution in [2.45, 2.75) is 72.3 Å². The minimum atomic E-state index is 0.460. The summed E-state index contributed by atoms with van der Waals surface area (Å²) >= 11 is 0. The lowest BCUT2D eigenvalue weighted by Gasteiger charge is -2.54. The van der Waals surface area contributed by atoms with Crippen molar-refractivity contribution in [3.63, 3.8) is 0 Å². The highest BCUT2D eigenvalue weighted by atomic mass is 15.2. The first-order valence-electron chi connectivity index (χ1n) is 6.98. The molecule has 1 saturated carbocycles. The van der Waals surface area contributed by atoms with E-state index in [0.29, 0.717) is 16.4 Å². The van der Waals surface area contributed by atoms with Crippen molar-refractivity contribution in [1.29, 1.82) is 0 Å². The summed E-state index contributed by atoms with van der Waals surface area (Å²) in [5.74, 6) is 0. The minimum Gasteiger partial charge on any atom is -0.298 e. The van der Waals surface area contributed by atoms with Gasteiger partial charge in [0.2, 0.25) is 0 Å². The van der Waals surface area contributed by atoms with E-state index in [2.05, 4.69) is 39.5 Å². The first kappa shape index (κ1) is 12.4. The molecule has 0 aromatic heterocycles. The Hall–Kier alpha value is -0.0400. The standard InChI is InChI=1S/C15H29N/c1-13(2)10-14(3,4)12-15(5,11-13)16-8-6-7-9-16/h6-12H2,1-5H3. The zero-order valence-corrected chi connectivity index (χ0v) is 11.9. The lowest BCUT2D eigenvalue weighted by Crippen LogP contribution is -2.54. The SMILES string of the molecule is CC1(C)CC(C)(C)CC(C)(N2CCCC2)C1. The molecule has 94 valence electrons. The summed E-state index contributed by atoms with van der Waals surface area (Å²) in [6.07, 6.45) is 6.96. The highest BCUT2D eigenvalue weighted by Crippen LogP contribution is 2.52. The number of rotatable bonds is 1. The van der Waals surface area contributed by atoms with Gasteiger partial charge in [-0.15, -0.1) is 0 Å². The molecule has 0 unspecified atom stereocenters. The van der Waals surface area contributed by atoms with Crippen LogP contribution in [0.1, 0.15) is 66.7 Å². The topological polar surface area (TPSA) is 3.24 Å². The number of nitrogens with zero attached hydrogens (tertiary/aromatic N) is 1. The van der Waals surface area contributed by atoms with Gasteiger partial charge in [0.05, 0.1) is 0 Å². The quantitative estimate of drug-likeness (QED) is 0.647. The Labute approximate surface area is 102 Å². The normalized spacial score (nSPS) is 32.8. The minimum absolute atomic E-state index is 0.460. The largest absolute Gasteiger partial charge is 0.298 e. The van der Waals surface area contributed by atoms with E-state index in [9.17, 15) is 0 Å². The first-order chi connectivity index (χ1) is 7.23. The summed E-state index contributed by atoms with van der Waals surface area (Å²) in [4.78, 5) is 2.77. The van der Waals surface area contributed by atoms with Crippen LogP contribution in [0.2, 0.25) is 0 Å². The molecular weight excluding hydrogens is 194 g/mol. The average molecular weight is 223 g/mol. The molecule has 0 radical (unpaired) electrons. The fraction of sp³-hybridized carbons (Fsp3) is 1.00. The summed E-state index contributed by atoms with van der Waals surface area (Å²) in [7, 11) is 0. The van der Waals surface area contributed by atoms with Crippen LogP contribution in [0.15, 0.2) is 0 Å². The maximum absolute atomic E-state index is 2.77. The van der Waals surface area contributed by atoms with Gasteiger partial charge in [0.1, 0.15) is 0 Å². The van der Waals surface area contributed by atoms with E-state index < -0.39 is 0 Å². The summed E-state index contributed by atoms with van der Waals surface area (Å²) in [6.45, 7) is 15.0. The van der Waals surface area contributed by atoms with E-state index >= 15 is 0 Å². The molecule has 0 amide bonds. The molecule has 2 fully saturated rings. The second-order valence-electron chi connectivity index (χ2n) is 8.05. The molecule has 0 aromatic rings. The van der Waals surface area contributed by atoms with Crippen LogP contribution in [0.3, 0.4) is 0 Å². The molecule has 0 atom stereocenters. The van der Waals surface area contributed by atoms with Crippen LogP contribution in [0, 0.1) is 10.8 Å². The van der Waals surface area contributed by atoms with Crippen molar-refractivity contribution < 1.29 is 0 Å². The van der Waals surface area contributed by atoms with Gasteiger partial charge in [-0.3, -0.25) is 4.90 Å². The Kier molecular flexibility index (Phi) is 2.89. The summed E-state index contributed by atoms with van der Waals surface area (Å²) < 4.78 is 0. The second kappa shape index (κ2) is 3.73. The molecule has 2 rings (SSSR count). The van der Waals surface area contributed by atoms with Gasteiger partial charge < -0.3 is 0 Å². The third kappa shape index (κ3) is 2.45. The molecule has 1 aliphatic heterocycles. The molecule has 1 nitrogen and oxygen atoms in total. The van der Waals surface area contributed by atoms with E-state index in [1.54, 1.807) is 0 Å². The third-order valence-electron chi connectivity index (χ3n) is 4.55. The molecule has 0 spiro atoms. The number of hydrogen-bond acceptors (Lipinski definition) is 1. The van der Waals surface area contributed by atoms with Crippen molar-refractivity contribution in [3.8, 4) is 0 Å². The van der Waals surface area contributed by atoms with E-state index in [-0.39, 0.29) is 0 Å². The third-order valence-corrected chi connectivity index (χ3v) is 4.55. The molecular formula is C15H29N. The molecule has 0 aromatic carbocycles. The number of likely N-dealkylation sites (tertiary alicyclic amines) is 1. The maximum atomic E-state index is 2.77. The summed E-state index contributed by atoms with van der Waals surface area (Å²) in [5.41, 5.74) is 1.49. The fourth-order valence-electron chi connectivity index (χ4n) is 5.03. The van der Waals surface area contributed by atoms with Crippen molar-refractivity contribution in [2.75, 3.05) is 13.1 Å². The average Bonchev–Trinajstić information content (AvgIpc) is 2.46. The zero-order valence-electron chi connectivity index (χ0n) is 11.9. The molecule has 16 heavy (non-hydrogen) atoms.